The summed E-state index contributed by atoms with van der Waals surface area (Å²) in [7, 11) is 2.71. The lowest BCUT2D eigenvalue weighted by Crippen LogP contribution is -2.01. The molecule has 1 rings (SSSR count). The van der Waals surface area contributed by atoms with E-state index in [0.29, 0.717) is 0 Å². The van der Waals surface area contributed by atoms with Gasteiger partial charge in [-0.2, -0.15) is 9.37 Å². The van der Waals surface area contributed by atoms with Gasteiger partial charge in [0.15, 0.2) is 0 Å². The lowest BCUT2D eigenvalue weighted by Gasteiger charge is -2.01. The average molecular weight is 159 g/mol. The number of ether oxygens (including phenoxy) is 2. The molecule has 0 N–H and O–H groups in total. The van der Waals surface area contributed by atoms with Gasteiger partial charge in [0.05, 0.1) is 14.2 Å². The molecule has 6 heteroatoms. The molecule has 1 aromatic rings. The molecule has 0 atom stereocenters. The van der Waals surface area contributed by atoms with E-state index in [2.05, 4.69) is 24.7 Å². The highest BCUT2D eigenvalue weighted by Crippen LogP contribution is 2.17. The minimum atomic E-state index is -0.942. The second kappa shape index (κ2) is 3.09. The summed E-state index contributed by atoms with van der Waals surface area (Å²) < 4.78 is 21.6. The van der Waals surface area contributed by atoms with Crippen LogP contribution in [-0.2, 0) is 0 Å². The number of nitrogens with zero attached hydrogens (tertiary/aromatic N) is 3. The summed E-state index contributed by atoms with van der Waals surface area (Å²) in [6.07, 6.45) is -0.942. The molecule has 60 valence electrons. The second-order valence-corrected chi connectivity index (χ2v) is 1.60. The van der Waals surface area contributed by atoms with E-state index in [1.54, 1.807) is 0 Å². The van der Waals surface area contributed by atoms with Crippen molar-refractivity contribution in [3.8, 4) is 11.8 Å². The third kappa shape index (κ3) is 1.51. The first-order chi connectivity index (χ1) is 5.27. The Kier molecular flexibility index (Phi) is 2.15. The number of halogens is 1. The Morgan fingerprint density at radius 2 is 1.73 bits per heavy atom. The van der Waals surface area contributed by atoms with Gasteiger partial charge in [0.2, 0.25) is 0 Å². The first kappa shape index (κ1) is 7.64. The van der Waals surface area contributed by atoms with Crippen LogP contribution in [0.3, 0.4) is 0 Å². The van der Waals surface area contributed by atoms with Crippen molar-refractivity contribution in [3.63, 3.8) is 0 Å². The molecule has 0 aromatic carbocycles. The molecule has 0 amide bonds. The van der Waals surface area contributed by atoms with Crippen LogP contribution in [0.1, 0.15) is 0 Å². The van der Waals surface area contributed by atoms with Crippen molar-refractivity contribution in [2.45, 2.75) is 0 Å². The lowest BCUT2D eigenvalue weighted by atomic mass is 10.7. The highest BCUT2D eigenvalue weighted by molar-refractivity contribution is 5.21. The summed E-state index contributed by atoms with van der Waals surface area (Å²) in [4.78, 5) is 3.27. The fourth-order valence-electron chi connectivity index (χ4n) is 0.545. The topological polar surface area (TPSA) is 57.1 Å². The monoisotopic (exact) mass is 159 g/mol. The number of hydrogen-bond acceptors (Lipinski definition) is 5. The fourth-order valence-corrected chi connectivity index (χ4v) is 0.545. The summed E-state index contributed by atoms with van der Waals surface area (Å²) in [6.45, 7) is 0. The van der Waals surface area contributed by atoms with Crippen LogP contribution in [0.2, 0.25) is 0 Å². The Hall–Kier alpha value is -1.46. The Morgan fingerprint density at radius 1 is 1.09 bits per heavy atom. The summed E-state index contributed by atoms with van der Waals surface area (Å²) in [5.41, 5.74) is 0. The van der Waals surface area contributed by atoms with Crippen molar-refractivity contribution >= 4 is 0 Å². The van der Waals surface area contributed by atoms with Gasteiger partial charge in [0.25, 0.3) is 11.8 Å². The standard InChI is InChI=1S/C5H6FN3O2/c1-10-3-4(11-2)8-9-5(6)7-3/h1-2H3. The summed E-state index contributed by atoms with van der Waals surface area (Å²) in [5, 5.41) is 6.36. The maximum Gasteiger partial charge on any atom is 0.330 e. The molecular formula is C5H6FN3O2. The zero-order chi connectivity index (χ0) is 8.27. The SMILES string of the molecule is COc1nnc(F)nc1OC. The Balaban J connectivity index is 3.06. The van der Waals surface area contributed by atoms with Crippen LogP contribution in [0.4, 0.5) is 4.39 Å². The van der Waals surface area contributed by atoms with E-state index in [1.807, 2.05) is 0 Å². The predicted octanol–water partition coefficient (Wildman–Crippen LogP) is 0.0279. The third-order valence-corrected chi connectivity index (χ3v) is 0.987. The number of hydrogen-bond donors (Lipinski definition) is 0. The molecule has 1 heterocycles. The molecule has 0 aliphatic carbocycles. The van der Waals surface area contributed by atoms with Crippen molar-refractivity contribution in [1.82, 2.24) is 15.2 Å². The van der Waals surface area contributed by atoms with E-state index in [4.69, 9.17) is 0 Å². The van der Waals surface area contributed by atoms with E-state index < -0.39 is 6.08 Å². The van der Waals surface area contributed by atoms with E-state index >= 15 is 0 Å². The highest BCUT2D eigenvalue weighted by atomic mass is 19.1. The zero-order valence-electron chi connectivity index (χ0n) is 6.04. The van der Waals surface area contributed by atoms with Crippen LogP contribution < -0.4 is 9.47 Å². The molecule has 0 bridgehead atoms. The third-order valence-electron chi connectivity index (χ3n) is 0.987. The molecule has 0 saturated carbocycles. The Bertz CT molecular complexity index is 255. The molecule has 0 saturated heterocycles. The average Bonchev–Trinajstić information content (AvgIpc) is 2.04. The Morgan fingerprint density at radius 3 is 2.27 bits per heavy atom. The Labute approximate surface area is 62.2 Å². The van der Waals surface area contributed by atoms with E-state index in [1.165, 1.54) is 14.2 Å². The molecule has 0 aliphatic rings. The molecule has 0 spiro atoms. The molecule has 0 radical (unpaired) electrons. The van der Waals surface area contributed by atoms with Crippen LogP contribution in [0.5, 0.6) is 11.8 Å². The largest absolute Gasteiger partial charge is 0.477 e. The highest BCUT2D eigenvalue weighted by Gasteiger charge is 2.08. The quantitative estimate of drug-likeness (QED) is 0.609. The van der Waals surface area contributed by atoms with Crippen molar-refractivity contribution in [2.75, 3.05) is 14.2 Å². The van der Waals surface area contributed by atoms with Crippen LogP contribution in [0.25, 0.3) is 0 Å². The minimum Gasteiger partial charge on any atom is -0.477 e. The summed E-state index contributed by atoms with van der Waals surface area (Å²) >= 11 is 0. The molecule has 5 nitrogen and oxygen atoms in total. The minimum absolute atomic E-state index is 0.0139. The van der Waals surface area contributed by atoms with Gasteiger partial charge in [-0.05, 0) is 0 Å². The van der Waals surface area contributed by atoms with Crippen molar-refractivity contribution in [1.29, 1.82) is 0 Å². The number of methoxy groups -OCH3 is 2. The normalized spacial score (nSPS) is 9.36. The maximum absolute atomic E-state index is 12.3. The maximum atomic E-state index is 12.3. The van der Waals surface area contributed by atoms with Gasteiger partial charge in [-0.3, -0.25) is 0 Å². The van der Waals surface area contributed by atoms with Gasteiger partial charge in [-0.15, -0.1) is 5.10 Å². The number of aromatic nitrogens is 3. The molecule has 1 aromatic heterocycles. The van der Waals surface area contributed by atoms with E-state index in [-0.39, 0.29) is 11.8 Å². The zero-order valence-corrected chi connectivity index (χ0v) is 6.04. The lowest BCUT2D eigenvalue weighted by molar-refractivity contribution is 0.312. The van der Waals surface area contributed by atoms with Crippen molar-refractivity contribution < 1.29 is 13.9 Å². The molecule has 0 fully saturated rings. The van der Waals surface area contributed by atoms with Gasteiger partial charge < -0.3 is 9.47 Å². The number of rotatable bonds is 2. The van der Waals surface area contributed by atoms with Crippen LogP contribution in [0, 0.1) is 6.08 Å². The van der Waals surface area contributed by atoms with Gasteiger partial charge in [0.1, 0.15) is 0 Å². The van der Waals surface area contributed by atoms with Crippen LogP contribution >= 0.6 is 0 Å². The van der Waals surface area contributed by atoms with Crippen LogP contribution in [-0.4, -0.2) is 29.4 Å². The van der Waals surface area contributed by atoms with E-state index in [0.717, 1.165) is 0 Å². The molecule has 11 heavy (non-hydrogen) atoms. The van der Waals surface area contributed by atoms with Crippen molar-refractivity contribution in [2.24, 2.45) is 0 Å². The van der Waals surface area contributed by atoms with Gasteiger partial charge >= 0.3 is 6.08 Å². The molecule has 0 unspecified atom stereocenters. The molecule has 0 aliphatic heterocycles. The summed E-state index contributed by atoms with van der Waals surface area (Å²) in [6, 6.07) is 0. The van der Waals surface area contributed by atoms with Gasteiger partial charge in [-0.25, -0.2) is 0 Å². The molecular weight excluding hydrogens is 153 g/mol. The van der Waals surface area contributed by atoms with Crippen molar-refractivity contribution in [3.05, 3.63) is 6.08 Å². The van der Waals surface area contributed by atoms with Crippen LogP contribution in [0.15, 0.2) is 0 Å². The summed E-state index contributed by atoms with van der Waals surface area (Å²) in [5.74, 6) is 0.0499. The smallest absolute Gasteiger partial charge is 0.330 e. The van der Waals surface area contributed by atoms with Gasteiger partial charge in [0, 0.05) is 0 Å². The second-order valence-electron chi connectivity index (χ2n) is 1.60. The first-order valence-corrected chi connectivity index (χ1v) is 2.76. The first-order valence-electron chi connectivity index (χ1n) is 2.76. The van der Waals surface area contributed by atoms with Gasteiger partial charge in [-0.1, -0.05) is 5.10 Å². The predicted molar refractivity (Wildman–Crippen MR) is 32.9 cm³/mol. The fraction of sp³-hybridized carbons (Fsp3) is 0.400. The van der Waals surface area contributed by atoms with E-state index in [9.17, 15) is 4.39 Å².